The first-order valence-corrected chi connectivity index (χ1v) is 9.51. The summed E-state index contributed by atoms with van der Waals surface area (Å²) >= 11 is 0. The van der Waals surface area contributed by atoms with E-state index in [0.717, 1.165) is 22.4 Å². The van der Waals surface area contributed by atoms with Gasteiger partial charge in [-0.2, -0.15) is 5.10 Å². The molecule has 3 aromatic rings. The molecule has 9 heteroatoms. The third kappa shape index (κ3) is 5.19. The molecule has 2 amide bonds. The van der Waals surface area contributed by atoms with E-state index >= 15 is 0 Å². The van der Waals surface area contributed by atoms with Crippen molar-refractivity contribution in [1.29, 1.82) is 0 Å². The highest BCUT2D eigenvalue weighted by atomic mass is 19.1. The number of carbonyl (C=O) groups excluding carboxylic acids is 2. The molecule has 0 saturated carbocycles. The summed E-state index contributed by atoms with van der Waals surface area (Å²) in [7, 11) is 0. The fraction of sp³-hybridized carbons (Fsp3) is 0.182. The van der Waals surface area contributed by atoms with Crippen LogP contribution >= 0.6 is 0 Å². The summed E-state index contributed by atoms with van der Waals surface area (Å²) in [5.74, 6) is -2.81. The number of aromatic nitrogens is 2. The lowest BCUT2D eigenvalue weighted by atomic mass is 10.1. The van der Waals surface area contributed by atoms with Gasteiger partial charge in [0.05, 0.1) is 5.69 Å². The molecule has 0 aliphatic heterocycles. The monoisotopic (exact) mass is 426 g/mol. The van der Waals surface area contributed by atoms with Gasteiger partial charge < -0.3 is 10.6 Å². The number of halogens is 2. The lowest BCUT2D eigenvalue weighted by Crippen LogP contribution is -2.29. The minimum absolute atomic E-state index is 0.143. The Morgan fingerprint density at radius 3 is 2.39 bits per heavy atom. The Kier molecular flexibility index (Phi) is 6.54. The number of aryl methyl sites for hydroxylation is 1. The second-order valence-corrected chi connectivity index (χ2v) is 6.79. The summed E-state index contributed by atoms with van der Waals surface area (Å²) in [6, 6.07) is 11.2. The molecule has 1 heterocycles. The van der Waals surface area contributed by atoms with Crippen molar-refractivity contribution in [3.8, 4) is 11.3 Å². The molecule has 0 aliphatic carbocycles. The minimum Gasteiger partial charge on any atom is -0.326 e. The molecule has 0 spiro atoms. The summed E-state index contributed by atoms with van der Waals surface area (Å²) in [6.07, 6.45) is 0.324. The summed E-state index contributed by atoms with van der Waals surface area (Å²) in [4.78, 5) is 36.1. The Bertz CT molecular complexity index is 1190. The van der Waals surface area contributed by atoms with Crippen molar-refractivity contribution >= 4 is 23.2 Å². The van der Waals surface area contributed by atoms with Gasteiger partial charge >= 0.3 is 0 Å². The zero-order chi connectivity index (χ0) is 22.5. The number of hydrogen-bond acceptors (Lipinski definition) is 4. The van der Waals surface area contributed by atoms with Gasteiger partial charge in [-0.05, 0) is 36.8 Å². The number of benzene rings is 2. The van der Waals surface area contributed by atoms with Gasteiger partial charge in [0.2, 0.25) is 11.8 Å². The van der Waals surface area contributed by atoms with Crippen molar-refractivity contribution in [3.63, 3.8) is 0 Å². The second-order valence-electron chi connectivity index (χ2n) is 6.79. The average molecular weight is 426 g/mol. The third-order valence-electron chi connectivity index (χ3n) is 4.52. The maximum atomic E-state index is 13.7. The largest absolute Gasteiger partial charge is 0.326 e. The first-order valence-electron chi connectivity index (χ1n) is 9.51. The van der Waals surface area contributed by atoms with Crippen molar-refractivity contribution in [2.24, 2.45) is 0 Å². The molecule has 0 aliphatic rings. The summed E-state index contributed by atoms with van der Waals surface area (Å²) in [5.41, 5.74) is 1.32. The number of rotatable bonds is 6. The second kappa shape index (κ2) is 9.29. The third-order valence-corrected chi connectivity index (χ3v) is 4.52. The number of amides is 2. The van der Waals surface area contributed by atoms with Gasteiger partial charge in [-0.25, -0.2) is 13.5 Å². The number of nitrogens with zero attached hydrogens (tertiary/aromatic N) is 2. The van der Waals surface area contributed by atoms with E-state index in [4.69, 9.17) is 0 Å². The van der Waals surface area contributed by atoms with Crippen LogP contribution < -0.4 is 16.2 Å². The molecular formula is C22H20F2N4O3. The average Bonchev–Trinajstić information content (AvgIpc) is 2.74. The fourth-order valence-electron chi connectivity index (χ4n) is 2.80. The van der Waals surface area contributed by atoms with Crippen LogP contribution in [0.2, 0.25) is 0 Å². The number of nitrogens with one attached hydrogen (secondary N) is 2. The minimum atomic E-state index is -0.927. The Morgan fingerprint density at radius 2 is 1.71 bits per heavy atom. The molecule has 1 aromatic heterocycles. The number of carbonyl (C=O) groups is 2. The van der Waals surface area contributed by atoms with Crippen molar-refractivity contribution in [1.82, 2.24) is 9.78 Å². The highest BCUT2D eigenvalue weighted by molar-refractivity contribution is 5.92. The van der Waals surface area contributed by atoms with E-state index in [0.29, 0.717) is 23.4 Å². The lowest BCUT2D eigenvalue weighted by Gasteiger charge is -2.12. The standard InChI is InChI=1S/C22H20F2N4O3/c1-3-19(29)25-18-11-14(8-7-13(18)2)17-9-10-21(31)28(27-17)12-20(30)26-22-15(23)5-4-6-16(22)24/h4-11H,3,12H2,1-2H3,(H,25,29)(H,26,30). The Hall–Kier alpha value is -3.88. The van der Waals surface area contributed by atoms with Gasteiger partial charge in [0.15, 0.2) is 0 Å². The summed E-state index contributed by atoms with van der Waals surface area (Å²) < 4.78 is 28.4. The summed E-state index contributed by atoms with van der Waals surface area (Å²) in [5, 5.41) is 9.10. The van der Waals surface area contributed by atoms with E-state index in [1.54, 1.807) is 25.1 Å². The quantitative estimate of drug-likeness (QED) is 0.631. The van der Waals surface area contributed by atoms with E-state index < -0.39 is 35.3 Å². The topological polar surface area (TPSA) is 93.1 Å². The van der Waals surface area contributed by atoms with Crippen LogP contribution in [-0.2, 0) is 16.1 Å². The van der Waals surface area contributed by atoms with Gasteiger partial charge in [-0.3, -0.25) is 14.4 Å². The molecule has 7 nitrogen and oxygen atoms in total. The van der Waals surface area contributed by atoms with Crippen LogP contribution in [0.1, 0.15) is 18.9 Å². The first-order chi connectivity index (χ1) is 14.8. The Balaban J connectivity index is 1.85. The molecule has 2 aromatic carbocycles. The predicted molar refractivity (Wildman–Crippen MR) is 113 cm³/mol. The number of anilines is 2. The molecule has 0 radical (unpaired) electrons. The maximum absolute atomic E-state index is 13.7. The maximum Gasteiger partial charge on any atom is 0.267 e. The number of para-hydroxylation sites is 1. The van der Waals surface area contributed by atoms with Crippen LogP contribution in [0.3, 0.4) is 0 Å². The smallest absolute Gasteiger partial charge is 0.267 e. The SMILES string of the molecule is CCC(=O)Nc1cc(-c2ccc(=O)n(CC(=O)Nc3c(F)cccc3F)n2)ccc1C. The van der Waals surface area contributed by atoms with Crippen molar-refractivity contribution in [2.45, 2.75) is 26.8 Å². The van der Waals surface area contributed by atoms with Gasteiger partial charge in [-0.15, -0.1) is 0 Å². The van der Waals surface area contributed by atoms with E-state index in [2.05, 4.69) is 15.7 Å². The molecule has 0 atom stereocenters. The van der Waals surface area contributed by atoms with Crippen molar-refractivity contribution < 1.29 is 18.4 Å². The number of hydrogen-bond donors (Lipinski definition) is 2. The van der Waals surface area contributed by atoms with Crippen molar-refractivity contribution in [2.75, 3.05) is 10.6 Å². The first kappa shape index (κ1) is 21.8. The molecule has 31 heavy (non-hydrogen) atoms. The highest BCUT2D eigenvalue weighted by Crippen LogP contribution is 2.24. The summed E-state index contributed by atoms with van der Waals surface area (Å²) in [6.45, 7) is 3.05. The van der Waals surface area contributed by atoms with E-state index in [9.17, 15) is 23.2 Å². The molecule has 2 N–H and O–H groups in total. The predicted octanol–water partition coefficient (Wildman–Crippen LogP) is 3.48. The zero-order valence-electron chi connectivity index (χ0n) is 16.9. The van der Waals surface area contributed by atoms with Crippen LogP contribution in [-0.4, -0.2) is 21.6 Å². The highest BCUT2D eigenvalue weighted by Gasteiger charge is 2.14. The zero-order valence-corrected chi connectivity index (χ0v) is 16.9. The van der Waals surface area contributed by atoms with Gasteiger partial charge in [0.25, 0.3) is 5.56 Å². The molecule has 160 valence electrons. The molecule has 0 saturated heterocycles. The molecule has 0 bridgehead atoms. The Morgan fingerprint density at radius 1 is 1.00 bits per heavy atom. The fourth-order valence-corrected chi connectivity index (χ4v) is 2.80. The van der Waals surface area contributed by atoms with E-state index in [1.165, 1.54) is 18.2 Å². The molecular weight excluding hydrogens is 406 g/mol. The van der Waals surface area contributed by atoms with Crippen LogP contribution in [0.25, 0.3) is 11.3 Å². The van der Waals surface area contributed by atoms with Crippen LogP contribution in [0.4, 0.5) is 20.2 Å². The van der Waals surface area contributed by atoms with Crippen LogP contribution in [0.15, 0.2) is 53.3 Å². The van der Waals surface area contributed by atoms with Crippen LogP contribution in [0, 0.1) is 18.6 Å². The molecule has 0 unspecified atom stereocenters. The lowest BCUT2D eigenvalue weighted by molar-refractivity contribution is -0.117. The van der Waals surface area contributed by atoms with Crippen molar-refractivity contribution in [3.05, 3.63) is 76.1 Å². The molecule has 3 rings (SSSR count). The van der Waals surface area contributed by atoms with Crippen LogP contribution in [0.5, 0.6) is 0 Å². The van der Waals surface area contributed by atoms with Gasteiger partial charge in [-0.1, -0.05) is 25.1 Å². The van der Waals surface area contributed by atoms with Gasteiger partial charge in [0.1, 0.15) is 23.9 Å². The van der Waals surface area contributed by atoms with Gasteiger partial charge in [0, 0.05) is 23.7 Å². The van der Waals surface area contributed by atoms with E-state index in [1.807, 2.05) is 6.92 Å². The Labute approximate surface area is 176 Å². The molecule has 0 fully saturated rings. The normalized spacial score (nSPS) is 10.6. The van der Waals surface area contributed by atoms with E-state index in [-0.39, 0.29) is 5.91 Å².